The summed E-state index contributed by atoms with van der Waals surface area (Å²) in [6.07, 6.45) is 0. The fourth-order valence-corrected chi connectivity index (χ4v) is 2.44. The van der Waals surface area contributed by atoms with E-state index in [1.807, 2.05) is 0 Å². The minimum atomic E-state index is -1.51. The van der Waals surface area contributed by atoms with Gasteiger partial charge < -0.3 is 0 Å². The van der Waals surface area contributed by atoms with Gasteiger partial charge in [-0.05, 0) is 12.1 Å². The molecule has 0 atom stereocenters. The van der Waals surface area contributed by atoms with Crippen molar-refractivity contribution in [1.82, 2.24) is 0 Å². The molecule has 0 saturated heterocycles. The highest BCUT2D eigenvalue weighted by Gasteiger charge is 2.25. The van der Waals surface area contributed by atoms with Crippen LogP contribution < -0.4 is 0 Å². The summed E-state index contributed by atoms with van der Waals surface area (Å²) >= 11 is 0.653. The monoisotopic (exact) mass is 290 g/mol. The Morgan fingerprint density at radius 3 is 1.90 bits per heavy atom. The standard InChI is InChI=1S/C14H5F3N2S/c15-11-9(6-18)10(7-19)12(16)14(13(11)17)20-8-4-2-1-3-5-8/h1-5H. The Morgan fingerprint density at radius 2 is 1.35 bits per heavy atom. The van der Waals surface area contributed by atoms with E-state index in [-0.39, 0.29) is 0 Å². The van der Waals surface area contributed by atoms with E-state index in [0.29, 0.717) is 16.7 Å². The lowest BCUT2D eigenvalue weighted by atomic mass is 10.1. The molecule has 0 heterocycles. The molecule has 2 aromatic carbocycles. The van der Waals surface area contributed by atoms with Crippen molar-refractivity contribution in [2.75, 3.05) is 0 Å². The number of nitriles is 2. The van der Waals surface area contributed by atoms with E-state index in [1.165, 1.54) is 12.1 Å². The van der Waals surface area contributed by atoms with Crippen LogP contribution in [0.2, 0.25) is 0 Å². The molecule has 98 valence electrons. The molecule has 2 rings (SSSR count). The molecule has 0 bridgehead atoms. The molecule has 0 radical (unpaired) electrons. The Morgan fingerprint density at radius 1 is 0.800 bits per heavy atom. The van der Waals surface area contributed by atoms with Gasteiger partial charge in [0.1, 0.15) is 23.3 Å². The van der Waals surface area contributed by atoms with E-state index in [9.17, 15) is 13.2 Å². The van der Waals surface area contributed by atoms with Crippen LogP contribution in [0.5, 0.6) is 0 Å². The number of hydrogen-bond acceptors (Lipinski definition) is 3. The van der Waals surface area contributed by atoms with Crippen molar-refractivity contribution >= 4 is 11.8 Å². The molecule has 6 heteroatoms. The smallest absolute Gasteiger partial charge is 0.179 e. The van der Waals surface area contributed by atoms with Crippen molar-refractivity contribution in [1.29, 1.82) is 10.5 Å². The molecule has 0 aliphatic carbocycles. The summed E-state index contributed by atoms with van der Waals surface area (Å²) in [5.74, 6) is -4.20. The quantitative estimate of drug-likeness (QED) is 0.785. The third kappa shape index (κ3) is 2.34. The fraction of sp³-hybridized carbons (Fsp3) is 0. The van der Waals surface area contributed by atoms with E-state index in [0.717, 1.165) is 0 Å². The van der Waals surface area contributed by atoms with Gasteiger partial charge in [-0.1, -0.05) is 30.0 Å². The van der Waals surface area contributed by atoms with E-state index >= 15 is 0 Å². The lowest BCUT2D eigenvalue weighted by Crippen LogP contribution is -2.02. The maximum Gasteiger partial charge on any atom is 0.179 e. The molecule has 0 amide bonds. The van der Waals surface area contributed by atoms with Crippen molar-refractivity contribution in [2.24, 2.45) is 0 Å². The Balaban J connectivity index is 2.64. The van der Waals surface area contributed by atoms with Crippen LogP contribution in [0.15, 0.2) is 40.1 Å². The lowest BCUT2D eigenvalue weighted by molar-refractivity contribution is 0.463. The first-order valence-electron chi connectivity index (χ1n) is 5.33. The number of rotatable bonds is 2. The van der Waals surface area contributed by atoms with Gasteiger partial charge in [-0.3, -0.25) is 0 Å². The van der Waals surface area contributed by atoms with Crippen LogP contribution >= 0.6 is 11.8 Å². The van der Waals surface area contributed by atoms with Crippen LogP contribution in [0, 0.1) is 40.1 Å². The highest BCUT2D eigenvalue weighted by Crippen LogP contribution is 2.35. The van der Waals surface area contributed by atoms with Gasteiger partial charge in [0.15, 0.2) is 17.5 Å². The van der Waals surface area contributed by atoms with Gasteiger partial charge in [-0.15, -0.1) is 0 Å². The summed E-state index contributed by atoms with van der Waals surface area (Å²) in [5.41, 5.74) is -1.70. The number of halogens is 3. The van der Waals surface area contributed by atoms with E-state index < -0.39 is 33.5 Å². The van der Waals surface area contributed by atoms with Crippen LogP contribution in [0.3, 0.4) is 0 Å². The zero-order valence-corrected chi connectivity index (χ0v) is 10.6. The summed E-state index contributed by atoms with van der Waals surface area (Å²) in [7, 11) is 0. The molecule has 0 spiro atoms. The molecular formula is C14H5F3N2S. The Hall–Kier alpha value is -2.44. The van der Waals surface area contributed by atoms with Gasteiger partial charge in [0.05, 0.1) is 4.90 Å². The van der Waals surface area contributed by atoms with E-state index in [4.69, 9.17) is 10.5 Å². The fourth-order valence-electron chi connectivity index (χ4n) is 1.54. The van der Waals surface area contributed by atoms with Crippen LogP contribution in [0.1, 0.15) is 11.1 Å². The summed E-state index contributed by atoms with van der Waals surface area (Å²) < 4.78 is 41.5. The molecule has 0 aliphatic heterocycles. The summed E-state index contributed by atoms with van der Waals surface area (Å²) in [5, 5.41) is 17.5. The predicted molar refractivity (Wildman–Crippen MR) is 66.3 cm³/mol. The van der Waals surface area contributed by atoms with Crippen LogP contribution in [0.25, 0.3) is 0 Å². The number of benzene rings is 2. The van der Waals surface area contributed by atoms with Crippen molar-refractivity contribution in [3.63, 3.8) is 0 Å². The molecule has 0 saturated carbocycles. The topological polar surface area (TPSA) is 47.6 Å². The summed E-state index contributed by atoms with van der Waals surface area (Å²) in [4.78, 5) is -0.150. The molecule has 0 N–H and O–H groups in total. The van der Waals surface area contributed by atoms with Crippen molar-refractivity contribution in [2.45, 2.75) is 9.79 Å². The zero-order chi connectivity index (χ0) is 14.7. The molecule has 0 unspecified atom stereocenters. The van der Waals surface area contributed by atoms with E-state index in [1.54, 1.807) is 30.3 Å². The lowest BCUT2D eigenvalue weighted by Gasteiger charge is -2.08. The highest BCUT2D eigenvalue weighted by molar-refractivity contribution is 7.99. The second-order valence-electron chi connectivity index (χ2n) is 3.66. The molecular weight excluding hydrogens is 285 g/mol. The molecule has 0 aliphatic rings. The summed E-state index contributed by atoms with van der Waals surface area (Å²) in [6.45, 7) is 0. The van der Waals surface area contributed by atoms with E-state index in [2.05, 4.69) is 0 Å². The first-order chi connectivity index (χ1) is 9.60. The Kier molecular flexibility index (Phi) is 3.97. The molecule has 0 fully saturated rings. The zero-order valence-electron chi connectivity index (χ0n) is 9.82. The average molecular weight is 290 g/mol. The number of hydrogen-bond donors (Lipinski definition) is 0. The van der Waals surface area contributed by atoms with Crippen molar-refractivity contribution in [3.8, 4) is 12.1 Å². The maximum absolute atomic E-state index is 14.0. The Bertz CT molecular complexity index is 746. The largest absolute Gasteiger partial charge is 0.204 e. The average Bonchev–Trinajstić information content (AvgIpc) is 2.48. The van der Waals surface area contributed by atoms with Crippen molar-refractivity contribution in [3.05, 3.63) is 58.9 Å². The van der Waals surface area contributed by atoms with Crippen molar-refractivity contribution < 1.29 is 13.2 Å². The molecule has 2 nitrogen and oxygen atoms in total. The second kappa shape index (κ2) is 5.68. The molecule has 20 heavy (non-hydrogen) atoms. The normalized spacial score (nSPS) is 9.85. The molecule has 2 aromatic rings. The maximum atomic E-state index is 14.0. The summed E-state index contributed by atoms with van der Waals surface area (Å²) in [6, 6.07) is 10.9. The van der Waals surface area contributed by atoms with Gasteiger partial charge in [-0.25, -0.2) is 13.2 Å². The first kappa shape index (κ1) is 14.0. The molecule has 0 aromatic heterocycles. The SMILES string of the molecule is N#Cc1c(F)c(F)c(Sc2ccccc2)c(F)c1C#N. The third-order valence-electron chi connectivity index (χ3n) is 2.47. The second-order valence-corrected chi connectivity index (χ2v) is 4.74. The van der Waals surface area contributed by atoms with Crippen LogP contribution in [0.4, 0.5) is 13.2 Å². The number of nitrogens with zero attached hydrogens (tertiary/aromatic N) is 2. The van der Waals surface area contributed by atoms with Gasteiger partial charge >= 0.3 is 0 Å². The predicted octanol–water partition coefficient (Wildman–Crippen LogP) is 4.00. The van der Waals surface area contributed by atoms with Crippen LogP contribution in [-0.2, 0) is 0 Å². The van der Waals surface area contributed by atoms with Gasteiger partial charge in [-0.2, -0.15) is 10.5 Å². The van der Waals surface area contributed by atoms with Gasteiger partial charge in [0, 0.05) is 4.90 Å². The van der Waals surface area contributed by atoms with Gasteiger partial charge in [0.2, 0.25) is 0 Å². The first-order valence-corrected chi connectivity index (χ1v) is 6.15. The minimum absolute atomic E-state index is 0.485. The third-order valence-corrected chi connectivity index (χ3v) is 3.54. The highest BCUT2D eigenvalue weighted by atomic mass is 32.2. The Labute approximate surface area is 117 Å². The minimum Gasteiger partial charge on any atom is -0.204 e. The van der Waals surface area contributed by atoms with Gasteiger partial charge in [0.25, 0.3) is 0 Å². The van der Waals surface area contributed by atoms with Crippen LogP contribution in [-0.4, -0.2) is 0 Å².